The number of rotatable bonds is 70. The zero-order valence-corrected chi connectivity index (χ0v) is 56.2. The van der Waals surface area contributed by atoms with Crippen LogP contribution in [0.5, 0.6) is 0 Å². The molecule has 0 amide bonds. The number of hydrogen-bond acceptors (Lipinski definition) is 6. The van der Waals surface area contributed by atoms with E-state index in [1.165, 1.54) is 308 Å². The number of allylic oxidation sites excluding steroid dienone is 6. The van der Waals surface area contributed by atoms with Gasteiger partial charge in [0.1, 0.15) is 13.2 Å². The standard InChI is InChI=1S/C77H144O6/c1-4-7-10-13-16-19-22-25-28-30-32-33-34-35-36-37-38-39-40-41-42-43-44-45-46-48-49-52-55-58-61-64-67-70-76(79)82-73-74(72-81-75(78)69-66-63-60-57-54-51-27-24-21-18-15-12-9-6-3)83-77(80)71-68-65-62-59-56-53-50-47-31-29-26-23-20-17-14-11-8-5-2/h22,24-25,27,30,32,74H,4-21,23,26,28-29,31,33-73H2,1-3H3/b25-22-,27-24-,32-30-. The summed E-state index contributed by atoms with van der Waals surface area (Å²) in [5.74, 6) is -0.844. The van der Waals surface area contributed by atoms with E-state index in [0.717, 1.165) is 70.6 Å². The van der Waals surface area contributed by atoms with Gasteiger partial charge in [-0.1, -0.05) is 359 Å². The maximum Gasteiger partial charge on any atom is 0.306 e. The average molecular weight is 1170 g/mol. The van der Waals surface area contributed by atoms with Gasteiger partial charge in [0.05, 0.1) is 0 Å². The van der Waals surface area contributed by atoms with Gasteiger partial charge in [-0.25, -0.2) is 0 Å². The van der Waals surface area contributed by atoms with Gasteiger partial charge in [0.25, 0.3) is 0 Å². The highest BCUT2D eigenvalue weighted by molar-refractivity contribution is 5.71. The minimum absolute atomic E-state index is 0.0679. The fraction of sp³-hybridized carbons (Fsp3) is 0.883. The summed E-state index contributed by atoms with van der Waals surface area (Å²) in [4.78, 5) is 38.4. The summed E-state index contributed by atoms with van der Waals surface area (Å²) in [5.41, 5.74) is 0. The van der Waals surface area contributed by atoms with Crippen molar-refractivity contribution in [1.29, 1.82) is 0 Å². The van der Waals surface area contributed by atoms with Crippen LogP contribution in [-0.2, 0) is 28.6 Å². The average Bonchev–Trinajstić information content (AvgIpc) is 3.49. The number of carbonyl (C=O) groups is 3. The van der Waals surface area contributed by atoms with Crippen LogP contribution in [0, 0.1) is 0 Å². The molecule has 0 saturated carbocycles. The van der Waals surface area contributed by atoms with Gasteiger partial charge in [-0.3, -0.25) is 14.4 Å². The summed E-state index contributed by atoms with van der Waals surface area (Å²) in [7, 11) is 0. The lowest BCUT2D eigenvalue weighted by molar-refractivity contribution is -0.167. The predicted octanol–water partition coefficient (Wildman–Crippen LogP) is 25.9. The molecule has 0 radical (unpaired) electrons. The minimum atomic E-state index is -0.772. The highest BCUT2D eigenvalue weighted by Crippen LogP contribution is 2.19. The molecular weight excluding hydrogens is 1020 g/mol. The van der Waals surface area contributed by atoms with Crippen molar-refractivity contribution in [3.63, 3.8) is 0 Å². The third-order valence-corrected chi connectivity index (χ3v) is 17.1. The molecule has 6 nitrogen and oxygen atoms in total. The molecule has 83 heavy (non-hydrogen) atoms. The Bertz CT molecular complexity index is 1380. The quantitative estimate of drug-likeness (QED) is 0.0261. The van der Waals surface area contributed by atoms with Crippen molar-refractivity contribution in [3.05, 3.63) is 36.5 Å². The molecule has 1 atom stereocenters. The van der Waals surface area contributed by atoms with Crippen LogP contribution in [0.2, 0.25) is 0 Å². The van der Waals surface area contributed by atoms with Crippen molar-refractivity contribution in [2.24, 2.45) is 0 Å². The second-order valence-corrected chi connectivity index (χ2v) is 25.6. The molecule has 0 rings (SSSR count). The van der Waals surface area contributed by atoms with E-state index in [9.17, 15) is 14.4 Å². The van der Waals surface area contributed by atoms with E-state index in [1.54, 1.807) is 0 Å². The Kier molecular flexibility index (Phi) is 70.0. The summed E-state index contributed by atoms with van der Waals surface area (Å²) in [5, 5.41) is 0. The molecule has 0 aliphatic rings. The topological polar surface area (TPSA) is 78.9 Å². The number of carbonyl (C=O) groups excluding carboxylic acids is 3. The van der Waals surface area contributed by atoms with Gasteiger partial charge >= 0.3 is 17.9 Å². The van der Waals surface area contributed by atoms with Crippen LogP contribution in [-0.4, -0.2) is 37.2 Å². The van der Waals surface area contributed by atoms with E-state index in [4.69, 9.17) is 14.2 Å². The van der Waals surface area contributed by atoms with Crippen molar-refractivity contribution in [2.75, 3.05) is 13.2 Å². The smallest absolute Gasteiger partial charge is 0.306 e. The van der Waals surface area contributed by atoms with E-state index >= 15 is 0 Å². The maximum atomic E-state index is 12.9. The Hall–Kier alpha value is -2.37. The predicted molar refractivity (Wildman–Crippen MR) is 362 cm³/mol. The Morgan fingerprint density at radius 2 is 0.434 bits per heavy atom. The van der Waals surface area contributed by atoms with Gasteiger partial charge in [-0.15, -0.1) is 0 Å². The van der Waals surface area contributed by atoms with Gasteiger partial charge in [0.15, 0.2) is 6.10 Å². The Morgan fingerprint density at radius 3 is 0.675 bits per heavy atom. The Labute approximate surface area is 518 Å². The first-order valence-corrected chi connectivity index (χ1v) is 37.5. The third kappa shape index (κ3) is 70.3. The van der Waals surface area contributed by atoms with E-state index in [1.807, 2.05) is 0 Å². The Balaban J connectivity index is 4.13. The van der Waals surface area contributed by atoms with E-state index < -0.39 is 6.10 Å². The maximum absolute atomic E-state index is 12.9. The summed E-state index contributed by atoms with van der Waals surface area (Å²) >= 11 is 0. The molecule has 6 heteroatoms. The molecule has 0 aromatic heterocycles. The van der Waals surface area contributed by atoms with Crippen molar-refractivity contribution in [2.45, 2.75) is 425 Å². The van der Waals surface area contributed by atoms with Crippen molar-refractivity contribution in [1.82, 2.24) is 0 Å². The molecule has 0 aliphatic heterocycles. The molecule has 488 valence electrons. The van der Waals surface area contributed by atoms with Crippen molar-refractivity contribution in [3.8, 4) is 0 Å². The van der Waals surface area contributed by atoms with Crippen LogP contribution in [0.3, 0.4) is 0 Å². The molecule has 0 spiro atoms. The zero-order chi connectivity index (χ0) is 59.9. The summed E-state index contributed by atoms with van der Waals surface area (Å²) < 4.78 is 17.0. The molecule has 0 aromatic rings. The van der Waals surface area contributed by atoms with Gasteiger partial charge in [-0.05, 0) is 77.0 Å². The number of ether oxygens (including phenoxy) is 3. The second-order valence-electron chi connectivity index (χ2n) is 25.6. The van der Waals surface area contributed by atoms with Crippen LogP contribution < -0.4 is 0 Å². The minimum Gasteiger partial charge on any atom is -0.462 e. The molecule has 0 fully saturated rings. The molecule has 0 aliphatic carbocycles. The molecule has 0 aromatic carbocycles. The molecule has 0 saturated heterocycles. The lowest BCUT2D eigenvalue weighted by Crippen LogP contribution is -2.30. The monoisotopic (exact) mass is 1170 g/mol. The van der Waals surface area contributed by atoms with Crippen LogP contribution in [0.1, 0.15) is 419 Å². The first-order chi connectivity index (χ1) is 41.0. The van der Waals surface area contributed by atoms with Crippen LogP contribution in [0.25, 0.3) is 0 Å². The largest absolute Gasteiger partial charge is 0.462 e. The Morgan fingerprint density at radius 1 is 0.241 bits per heavy atom. The number of hydrogen-bond donors (Lipinski definition) is 0. The molecule has 1 unspecified atom stereocenters. The SMILES string of the molecule is CCCCCCC/C=C\C/C=C\CCCCCCCCCCCCCCCCCCCCCCCC(=O)OCC(COC(=O)CCCCCCC/C=C\CCCCCCC)OC(=O)CCCCCCCCCCCCCCCCCCCC. The number of unbranched alkanes of at least 4 members (excludes halogenated alkanes) is 53. The van der Waals surface area contributed by atoms with Gasteiger partial charge < -0.3 is 14.2 Å². The molecule has 0 heterocycles. The molecular formula is C77H144O6. The number of esters is 3. The lowest BCUT2D eigenvalue weighted by atomic mass is 10.0. The molecule has 0 N–H and O–H groups in total. The van der Waals surface area contributed by atoms with E-state index in [0.29, 0.717) is 19.3 Å². The second kappa shape index (κ2) is 72.1. The summed E-state index contributed by atoms with van der Waals surface area (Å²) in [6, 6.07) is 0. The highest BCUT2D eigenvalue weighted by atomic mass is 16.6. The first-order valence-electron chi connectivity index (χ1n) is 37.5. The third-order valence-electron chi connectivity index (χ3n) is 17.1. The first kappa shape index (κ1) is 80.6. The fourth-order valence-electron chi connectivity index (χ4n) is 11.5. The summed E-state index contributed by atoms with van der Waals surface area (Å²) in [6.45, 7) is 6.69. The van der Waals surface area contributed by atoms with Crippen molar-refractivity contribution >= 4 is 17.9 Å². The van der Waals surface area contributed by atoms with E-state index in [-0.39, 0.29) is 31.1 Å². The van der Waals surface area contributed by atoms with Crippen LogP contribution >= 0.6 is 0 Å². The zero-order valence-electron chi connectivity index (χ0n) is 56.2. The molecule has 0 bridgehead atoms. The fourth-order valence-corrected chi connectivity index (χ4v) is 11.5. The van der Waals surface area contributed by atoms with Crippen LogP contribution in [0.15, 0.2) is 36.5 Å². The van der Waals surface area contributed by atoms with Gasteiger partial charge in [-0.2, -0.15) is 0 Å². The lowest BCUT2D eigenvalue weighted by Gasteiger charge is -2.18. The van der Waals surface area contributed by atoms with Crippen molar-refractivity contribution < 1.29 is 28.6 Å². The van der Waals surface area contributed by atoms with E-state index in [2.05, 4.69) is 57.2 Å². The van der Waals surface area contributed by atoms with Crippen LogP contribution in [0.4, 0.5) is 0 Å². The van der Waals surface area contributed by atoms with Gasteiger partial charge in [0, 0.05) is 19.3 Å². The van der Waals surface area contributed by atoms with Gasteiger partial charge in [0.2, 0.25) is 0 Å². The highest BCUT2D eigenvalue weighted by Gasteiger charge is 2.20. The normalized spacial score (nSPS) is 12.2. The summed E-state index contributed by atoms with van der Waals surface area (Å²) in [6.07, 6.45) is 90.5.